The zero-order chi connectivity index (χ0) is 19.8. The third kappa shape index (κ3) is 4.37. The topological polar surface area (TPSA) is 49.9 Å². The molecule has 0 unspecified atom stereocenters. The van der Waals surface area contributed by atoms with E-state index in [1.165, 1.54) is 12.1 Å². The molecule has 2 saturated heterocycles. The number of likely N-dealkylation sites (tertiary alicyclic amines) is 2. The first-order valence-corrected chi connectivity index (χ1v) is 9.81. The maximum atomic E-state index is 14.2. The molecule has 0 saturated carbocycles. The van der Waals surface area contributed by atoms with Gasteiger partial charge in [-0.2, -0.15) is 0 Å². The molecule has 148 valence electrons. The molecule has 0 bridgehead atoms. The number of nitrogens with zero attached hydrogens (tertiary/aromatic N) is 2. The Morgan fingerprint density at radius 1 is 1.11 bits per heavy atom. The van der Waals surface area contributed by atoms with Crippen LogP contribution in [-0.4, -0.2) is 52.6 Å². The predicted octanol–water partition coefficient (Wildman–Crippen LogP) is 4.48. The Bertz CT molecular complexity index is 734. The summed E-state index contributed by atoms with van der Waals surface area (Å²) in [5, 5.41) is 0.258. The van der Waals surface area contributed by atoms with Gasteiger partial charge in [0.15, 0.2) is 0 Å². The van der Waals surface area contributed by atoms with E-state index in [0.29, 0.717) is 13.1 Å². The van der Waals surface area contributed by atoms with Gasteiger partial charge in [0.25, 0.3) is 5.91 Å². The average molecular weight is 397 g/mol. The highest BCUT2D eigenvalue weighted by atomic mass is 35.5. The van der Waals surface area contributed by atoms with Crippen molar-refractivity contribution in [3.8, 4) is 0 Å². The molecule has 0 spiro atoms. The zero-order valence-electron chi connectivity index (χ0n) is 16.0. The van der Waals surface area contributed by atoms with Crippen molar-refractivity contribution in [1.29, 1.82) is 0 Å². The van der Waals surface area contributed by atoms with E-state index in [2.05, 4.69) is 0 Å². The van der Waals surface area contributed by atoms with Crippen LogP contribution in [0.4, 0.5) is 9.18 Å². The number of halogens is 2. The lowest BCUT2D eigenvalue weighted by Gasteiger charge is -2.35. The molecule has 3 rings (SSSR count). The third-order valence-electron chi connectivity index (χ3n) is 5.09. The Morgan fingerprint density at radius 2 is 1.70 bits per heavy atom. The molecule has 1 aromatic rings. The first-order valence-electron chi connectivity index (χ1n) is 9.43. The number of carbonyl (C=O) groups excluding carboxylic acids is 2. The molecule has 2 aliphatic rings. The van der Waals surface area contributed by atoms with Crippen LogP contribution in [0.5, 0.6) is 0 Å². The molecule has 0 radical (unpaired) electrons. The van der Waals surface area contributed by atoms with E-state index in [9.17, 15) is 14.0 Å². The van der Waals surface area contributed by atoms with Gasteiger partial charge in [0, 0.05) is 18.1 Å². The Morgan fingerprint density at radius 3 is 2.30 bits per heavy atom. The molecule has 0 aromatic heterocycles. The van der Waals surface area contributed by atoms with Gasteiger partial charge in [0.2, 0.25) is 0 Å². The van der Waals surface area contributed by atoms with E-state index >= 15 is 0 Å². The summed E-state index contributed by atoms with van der Waals surface area (Å²) in [6, 6.07) is 3.88. The molecule has 2 aliphatic heterocycles. The molecule has 5 nitrogen and oxygen atoms in total. The lowest BCUT2D eigenvalue weighted by molar-refractivity contribution is 0.0146. The number of hydrogen-bond donors (Lipinski definition) is 0. The average Bonchev–Trinajstić information content (AvgIpc) is 3.21. The first kappa shape index (κ1) is 19.9. The van der Waals surface area contributed by atoms with E-state index < -0.39 is 11.4 Å². The van der Waals surface area contributed by atoms with E-state index in [1.807, 2.05) is 20.8 Å². The van der Waals surface area contributed by atoms with E-state index in [1.54, 1.807) is 9.80 Å². The summed E-state index contributed by atoms with van der Waals surface area (Å²) in [6.07, 6.45) is 2.98. The normalized spacial score (nSPS) is 23.0. The van der Waals surface area contributed by atoms with E-state index in [0.717, 1.165) is 31.7 Å². The number of ether oxygens (including phenoxy) is 1. The molecule has 0 aliphatic carbocycles. The lowest BCUT2D eigenvalue weighted by Crippen LogP contribution is -2.51. The fraction of sp³-hybridized carbons (Fsp3) is 0.600. The molecular weight excluding hydrogens is 371 g/mol. The van der Waals surface area contributed by atoms with E-state index in [-0.39, 0.29) is 34.7 Å². The number of hydrogen-bond acceptors (Lipinski definition) is 3. The van der Waals surface area contributed by atoms with Gasteiger partial charge in [-0.25, -0.2) is 9.18 Å². The van der Waals surface area contributed by atoms with Crippen LogP contribution in [0.25, 0.3) is 0 Å². The van der Waals surface area contributed by atoms with Crippen LogP contribution in [0.1, 0.15) is 56.8 Å². The maximum absolute atomic E-state index is 14.2. The summed E-state index contributed by atoms with van der Waals surface area (Å²) in [6.45, 7) is 6.69. The maximum Gasteiger partial charge on any atom is 0.410 e. The van der Waals surface area contributed by atoms with E-state index in [4.69, 9.17) is 16.3 Å². The molecule has 0 N–H and O–H groups in total. The van der Waals surface area contributed by atoms with Gasteiger partial charge in [-0.05, 0) is 64.7 Å². The second-order valence-electron chi connectivity index (χ2n) is 8.22. The molecule has 2 atom stereocenters. The largest absolute Gasteiger partial charge is 0.444 e. The minimum absolute atomic E-state index is 0.0214. The van der Waals surface area contributed by atoms with Crippen molar-refractivity contribution in [3.63, 3.8) is 0 Å². The van der Waals surface area contributed by atoms with Crippen molar-refractivity contribution in [2.75, 3.05) is 13.1 Å². The Balaban J connectivity index is 1.79. The summed E-state index contributed by atoms with van der Waals surface area (Å²) < 4.78 is 19.8. The highest BCUT2D eigenvalue weighted by Crippen LogP contribution is 2.32. The highest BCUT2D eigenvalue weighted by molar-refractivity contribution is 6.30. The molecular formula is C20H26ClFN2O3. The Hall–Kier alpha value is -1.82. The standard InChI is InChI=1S/C20H26ClFN2O3/c1-20(2,3)27-19(26)24-11-5-7-17(24)16-6-4-10-23(16)18(25)14-9-8-13(21)12-15(14)22/h8-9,12,16-17H,4-7,10-11H2,1-3H3/t16-,17-/m1/s1. The summed E-state index contributed by atoms with van der Waals surface area (Å²) in [5.41, 5.74) is -0.546. The number of benzene rings is 1. The van der Waals surface area contributed by atoms with Gasteiger partial charge >= 0.3 is 6.09 Å². The summed E-state index contributed by atoms with van der Waals surface area (Å²) in [7, 11) is 0. The van der Waals surface area contributed by atoms with Crippen LogP contribution in [0, 0.1) is 5.82 Å². The Labute approximate surface area is 164 Å². The second-order valence-corrected chi connectivity index (χ2v) is 8.65. The monoisotopic (exact) mass is 396 g/mol. The summed E-state index contributed by atoms with van der Waals surface area (Å²) in [4.78, 5) is 29.0. The van der Waals surface area contributed by atoms with Crippen molar-refractivity contribution in [2.24, 2.45) is 0 Å². The lowest BCUT2D eigenvalue weighted by atomic mass is 10.0. The van der Waals surface area contributed by atoms with Crippen molar-refractivity contribution in [3.05, 3.63) is 34.6 Å². The minimum atomic E-state index is -0.617. The van der Waals surface area contributed by atoms with Gasteiger partial charge in [0.1, 0.15) is 11.4 Å². The van der Waals surface area contributed by atoms with Crippen LogP contribution in [-0.2, 0) is 4.74 Å². The van der Waals surface area contributed by atoms with Crippen molar-refractivity contribution < 1.29 is 18.7 Å². The number of carbonyl (C=O) groups is 2. The predicted molar refractivity (Wildman–Crippen MR) is 101 cm³/mol. The molecule has 2 heterocycles. The van der Waals surface area contributed by atoms with Crippen molar-refractivity contribution in [1.82, 2.24) is 9.80 Å². The fourth-order valence-electron chi connectivity index (χ4n) is 4.00. The smallest absolute Gasteiger partial charge is 0.410 e. The highest BCUT2D eigenvalue weighted by Gasteiger charge is 2.43. The van der Waals surface area contributed by atoms with Gasteiger partial charge < -0.3 is 14.5 Å². The molecule has 27 heavy (non-hydrogen) atoms. The quantitative estimate of drug-likeness (QED) is 0.740. The van der Waals surface area contributed by atoms with Crippen molar-refractivity contribution >= 4 is 23.6 Å². The van der Waals surface area contributed by atoms with Crippen LogP contribution < -0.4 is 0 Å². The van der Waals surface area contributed by atoms with Crippen LogP contribution in [0.15, 0.2) is 18.2 Å². The number of rotatable bonds is 2. The third-order valence-corrected chi connectivity index (χ3v) is 5.33. The zero-order valence-corrected chi connectivity index (χ0v) is 16.8. The van der Waals surface area contributed by atoms with Crippen LogP contribution in [0.3, 0.4) is 0 Å². The van der Waals surface area contributed by atoms with Crippen LogP contribution >= 0.6 is 11.6 Å². The van der Waals surface area contributed by atoms with Crippen molar-refractivity contribution in [2.45, 2.75) is 64.1 Å². The van der Waals surface area contributed by atoms with Gasteiger partial charge in [-0.1, -0.05) is 11.6 Å². The Kier molecular flexibility index (Phi) is 5.65. The van der Waals surface area contributed by atoms with Gasteiger partial charge in [-0.3, -0.25) is 4.79 Å². The molecule has 1 aromatic carbocycles. The fourth-order valence-corrected chi connectivity index (χ4v) is 4.16. The summed E-state index contributed by atoms with van der Waals surface area (Å²) >= 11 is 5.80. The molecule has 2 amide bonds. The SMILES string of the molecule is CC(C)(C)OC(=O)N1CCC[C@@H]1[C@H]1CCCN1C(=O)c1ccc(Cl)cc1F. The van der Waals surface area contributed by atoms with Crippen LogP contribution in [0.2, 0.25) is 5.02 Å². The van der Waals surface area contributed by atoms with Gasteiger partial charge in [0.05, 0.1) is 17.6 Å². The molecule has 2 fully saturated rings. The molecule has 7 heteroatoms. The second kappa shape index (κ2) is 7.66. The summed E-state index contributed by atoms with van der Waals surface area (Å²) in [5.74, 6) is -0.962. The minimum Gasteiger partial charge on any atom is -0.444 e. The number of amides is 2. The van der Waals surface area contributed by atoms with Gasteiger partial charge in [-0.15, -0.1) is 0 Å². The first-order chi connectivity index (χ1) is 12.7.